The molecule has 1 aromatic carbocycles. The number of nitrogens with zero attached hydrogens (tertiary/aromatic N) is 3. The molecule has 1 aromatic rings. The zero-order chi connectivity index (χ0) is 12.7. The molecule has 0 saturated heterocycles. The lowest BCUT2D eigenvalue weighted by Gasteiger charge is -2.07. The van der Waals surface area contributed by atoms with E-state index in [2.05, 4.69) is 15.3 Å². The average Bonchev–Trinajstić information content (AvgIpc) is 2.32. The van der Waals surface area contributed by atoms with Gasteiger partial charge < -0.3 is 5.32 Å². The molecule has 0 bridgehead atoms. The monoisotopic (exact) mass is 232 g/mol. The Labute approximate surface area is 100 Å². The van der Waals surface area contributed by atoms with Gasteiger partial charge in [0.05, 0.1) is 0 Å². The summed E-state index contributed by atoms with van der Waals surface area (Å²) in [7, 11) is 0. The highest BCUT2D eigenvalue weighted by Gasteiger charge is 2.07. The van der Waals surface area contributed by atoms with Gasteiger partial charge in [0.15, 0.2) is 0 Å². The van der Waals surface area contributed by atoms with Gasteiger partial charge in [-0.15, -0.1) is 0 Å². The van der Waals surface area contributed by atoms with Gasteiger partial charge in [-0.25, -0.2) is 0 Å². The molecule has 1 rings (SSSR count). The second-order valence-electron chi connectivity index (χ2n) is 3.88. The Hall–Kier alpha value is -2.00. The van der Waals surface area contributed by atoms with Crippen LogP contribution in [0, 0.1) is 13.8 Å². The van der Waals surface area contributed by atoms with Crippen molar-refractivity contribution in [2.24, 2.45) is 5.11 Å². The highest BCUT2D eigenvalue weighted by molar-refractivity contribution is 5.95. The van der Waals surface area contributed by atoms with E-state index in [1.54, 1.807) is 0 Å². The number of carbonyl (C=O) groups is 1. The van der Waals surface area contributed by atoms with Crippen LogP contribution in [0.15, 0.2) is 23.3 Å². The number of benzene rings is 1. The number of aryl methyl sites for hydroxylation is 2. The van der Waals surface area contributed by atoms with Crippen molar-refractivity contribution in [2.75, 3.05) is 13.1 Å². The first-order chi connectivity index (χ1) is 8.15. The first-order valence-corrected chi connectivity index (χ1v) is 5.51. The van der Waals surface area contributed by atoms with E-state index >= 15 is 0 Å². The van der Waals surface area contributed by atoms with Crippen LogP contribution in [0.2, 0.25) is 0 Å². The standard InChI is InChI=1S/C12H16N4O/c1-9-4-5-10(2)11(8-9)12(17)14-6-3-7-15-16-13/h4-5,8H,3,6-7H2,1-2H3,(H,14,17). The Morgan fingerprint density at radius 1 is 1.47 bits per heavy atom. The minimum Gasteiger partial charge on any atom is -0.352 e. The predicted molar refractivity (Wildman–Crippen MR) is 66.9 cm³/mol. The Morgan fingerprint density at radius 3 is 2.94 bits per heavy atom. The van der Waals surface area contributed by atoms with Crippen LogP contribution in [-0.2, 0) is 0 Å². The van der Waals surface area contributed by atoms with E-state index in [-0.39, 0.29) is 5.91 Å². The molecule has 5 heteroatoms. The smallest absolute Gasteiger partial charge is 0.251 e. The van der Waals surface area contributed by atoms with Gasteiger partial charge in [0.2, 0.25) is 0 Å². The van der Waals surface area contributed by atoms with Gasteiger partial charge in [-0.1, -0.05) is 22.8 Å². The molecule has 0 aromatic heterocycles. The Morgan fingerprint density at radius 2 is 2.24 bits per heavy atom. The van der Waals surface area contributed by atoms with Gasteiger partial charge in [0.25, 0.3) is 5.91 Å². The summed E-state index contributed by atoms with van der Waals surface area (Å²) in [5.41, 5.74) is 10.8. The minimum atomic E-state index is -0.0767. The number of azide groups is 1. The Bertz CT molecular complexity index is 450. The second-order valence-corrected chi connectivity index (χ2v) is 3.88. The van der Waals surface area contributed by atoms with E-state index < -0.39 is 0 Å². The van der Waals surface area contributed by atoms with Crippen molar-refractivity contribution in [3.63, 3.8) is 0 Å². The number of hydrogen-bond acceptors (Lipinski definition) is 2. The number of carbonyl (C=O) groups excluding carboxylic acids is 1. The summed E-state index contributed by atoms with van der Waals surface area (Å²) in [6, 6.07) is 5.79. The van der Waals surface area contributed by atoms with Crippen LogP contribution in [0.1, 0.15) is 27.9 Å². The fourth-order valence-electron chi connectivity index (χ4n) is 1.47. The van der Waals surface area contributed by atoms with Crippen molar-refractivity contribution in [3.8, 4) is 0 Å². The van der Waals surface area contributed by atoms with Crippen LogP contribution in [0.5, 0.6) is 0 Å². The molecule has 17 heavy (non-hydrogen) atoms. The fourth-order valence-corrected chi connectivity index (χ4v) is 1.47. The summed E-state index contributed by atoms with van der Waals surface area (Å²) < 4.78 is 0. The molecule has 0 atom stereocenters. The van der Waals surface area contributed by atoms with Gasteiger partial charge >= 0.3 is 0 Å². The first-order valence-electron chi connectivity index (χ1n) is 5.51. The fraction of sp³-hybridized carbons (Fsp3) is 0.417. The molecule has 1 amide bonds. The Kier molecular flexibility index (Phi) is 5.04. The average molecular weight is 232 g/mol. The van der Waals surface area contributed by atoms with Gasteiger partial charge in [-0.2, -0.15) is 0 Å². The zero-order valence-corrected chi connectivity index (χ0v) is 10.1. The molecule has 0 aliphatic heterocycles. The van der Waals surface area contributed by atoms with Crippen molar-refractivity contribution in [3.05, 3.63) is 45.3 Å². The number of hydrogen-bond donors (Lipinski definition) is 1. The zero-order valence-electron chi connectivity index (χ0n) is 10.1. The lowest BCUT2D eigenvalue weighted by molar-refractivity contribution is 0.0953. The Balaban J connectivity index is 2.52. The van der Waals surface area contributed by atoms with Crippen LogP contribution in [0.3, 0.4) is 0 Å². The summed E-state index contributed by atoms with van der Waals surface area (Å²) in [6.07, 6.45) is 0.653. The summed E-state index contributed by atoms with van der Waals surface area (Å²) >= 11 is 0. The quantitative estimate of drug-likeness (QED) is 0.360. The van der Waals surface area contributed by atoms with Crippen LogP contribution in [0.4, 0.5) is 0 Å². The summed E-state index contributed by atoms with van der Waals surface area (Å²) in [6.45, 7) is 4.79. The summed E-state index contributed by atoms with van der Waals surface area (Å²) in [4.78, 5) is 14.5. The second kappa shape index (κ2) is 6.55. The van der Waals surface area contributed by atoms with Crippen LogP contribution in [-0.4, -0.2) is 19.0 Å². The summed E-state index contributed by atoms with van der Waals surface area (Å²) in [5.74, 6) is -0.0767. The molecule has 0 fully saturated rings. The predicted octanol–water partition coefficient (Wildman–Crippen LogP) is 2.73. The first kappa shape index (κ1) is 13.1. The third kappa shape index (κ3) is 4.17. The molecule has 90 valence electrons. The maximum atomic E-state index is 11.8. The van der Waals surface area contributed by atoms with Gasteiger partial charge in [0, 0.05) is 23.6 Å². The molecular weight excluding hydrogens is 216 g/mol. The molecule has 0 unspecified atom stereocenters. The van der Waals surface area contributed by atoms with Crippen molar-refractivity contribution < 1.29 is 4.79 Å². The highest BCUT2D eigenvalue weighted by atomic mass is 16.1. The number of nitrogens with one attached hydrogen (secondary N) is 1. The topological polar surface area (TPSA) is 77.9 Å². The molecule has 1 N–H and O–H groups in total. The normalized spacial score (nSPS) is 9.53. The molecular formula is C12H16N4O. The molecule has 5 nitrogen and oxygen atoms in total. The third-order valence-corrected chi connectivity index (χ3v) is 2.42. The van der Waals surface area contributed by atoms with Crippen LogP contribution < -0.4 is 5.32 Å². The van der Waals surface area contributed by atoms with Gasteiger partial charge in [0.1, 0.15) is 0 Å². The van der Waals surface area contributed by atoms with Crippen molar-refractivity contribution >= 4 is 5.91 Å². The molecule has 0 aliphatic carbocycles. The highest BCUT2D eigenvalue weighted by Crippen LogP contribution is 2.10. The van der Waals surface area contributed by atoms with E-state index in [1.165, 1.54) is 0 Å². The maximum Gasteiger partial charge on any atom is 0.251 e. The lowest BCUT2D eigenvalue weighted by Crippen LogP contribution is -2.25. The van der Waals surface area contributed by atoms with Crippen molar-refractivity contribution in [2.45, 2.75) is 20.3 Å². The van der Waals surface area contributed by atoms with Crippen molar-refractivity contribution in [1.82, 2.24) is 5.32 Å². The molecule has 0 heterocycles. The maximum absolute atomic E-state index is 11.8. The largest absolute Gasteiger partial charge is 0.352 e. The SMILES string of the molecule is Cc1ccc(C)c(C(=O)NCCCN=[N+]=[N-])c1. The summed E-state index contributed by atoms with van der Waals surface area (Å²) in [5, 5.41) is 6.21. The molecule has 0 radical (unpaired) electrons. The van der Waals surface area contributed by atoms with Gasteiger partial charge in [-0.05, 0) is 37.4 Å². The van der Waals surface area contributed by atoms with E-state index in [4.69, 9.17) is 5.53 Å². The van der Waals surface area contributed by atoms with E-state index in [1.807, 2.05) is 32.0 Å². The number of rotatable bonds is 5. The van der Waals surface area contributed by atoms with E-state index in [9.17, 15) is 4.79 Å². The van der Waals surface area contributed by atoms with Crippen LogP contribution >= 0.6 is 0 Å². The lowest BCUT2D eigenvalue weighted by atomic mass is 10.1. The van der Waals surface area contributed by atoms with E-state index in [0.717, 1.165) is 11.1 Å². The van der Waals surface area contributed by atoms with E-state index in [0.29, 0.717) is 25.1 Å². The molecule has 0 saturated carbocycles. The minimum absolute atomic E-state index is 0.0767. The molecule has 0 spiro atoms. The number of amides is 1. The van der Waals surface area contributed by atoms with Gasteiger partial charge in [-0.3, -0.25) is 4.79 Å². The molecule has 0 aliphatic rings. The van der Waals surface area contributed by atoms with Crippen molar-refractivity contribution in [1.29, 1.82) is 0 Å². The van der Waals surface area contributed by atoms with Crippen LogP contribution in [0.25, 0.3) is 10.4 Å². The third-order valence-electron chi connectivity index (χ3n) is 2.42.